The molecule has 0 saturated carbocycles. The zero-order valence-corrected chi connectivity index (χ0v) is 11.6. The van der Waals surface area contributed by atoms with E-state index in [2.05, 4.69) is 10.3 Å². The second kappa shape index (κ2) is 6.52. The molecule has 0 aliphatic carbocycles. The number of hydrogen-bond acceptors (Lipinski definition) is 4. The van der Waals surface area contributed by atoms with Crippen molar-refractivity contribution in [3.63, 3.8) is 0 Å². The van der Waals surface area contributed by atoms with E-state index in [1.807, 2.05) is 24.9 Å². The number of aromatic nitrogens is 1. The summed E-state index contributed by atoms with van der Waals surface area (Å²) < 4.78 is 5.33. The van der Waals surface area contributed by atoms with Gasteiger partial charge in [0.25, 0.3) is 5.91 Å². The summed E-state index contributed by atoms with van der Waals surface area (Å²) in [5.41, 5.74) is 0.681. The van der Waals surface area contributed by atoms with Crippen molar-refractivity contribution < 1.29 is 9.53 Å². The molecule has 2 heterocycles. The second-order valence-electron chi connectivity index (χ2n) is 4.72. The van der Waals surface area contributed by atoms with Crippen LogP contribution in [0.15, 0.2) is 18.3 Å². The average molecular weight is 263 g/mol. The van der Waals surface area contributed by atoms with E-state index in [9.17, 15) is 4.79 Å². The van der Waals surface area contributed by atoms with E-state index in [1.165, 1.54) is 0 Å². The Labute approximate surface area is 114 Å². The molecule has 0 spiro atoms. The minimum atomic E-state index is 0.0495. The number of rotatable bonds is 4. The monoisotopic (exact) mass is 263 g/mol. The third-order valence-corrected chi connectivity index (χ3v) is 3.42. The first-order valence-electron chi connectivity index (χ1n) is 6.77. The molecule has 0 unspecified atom stereocenters. The fraction of sp³-hybridized carbons (Fsp3) is 0.571. The van der Waals surface area contributed by atoms with E-state index in [4.69, 9.17) is 4.74 Å². The lowest BCUT2D eigenvalue weighted by Gasteiger charge is -2.31. The lowest BCUT2D eigenvalue weighted by Crippen LogP contribution is -2.40. The van der Waals surface area contributed by atoms with Crippen LogP contribution in [0.4, 0.5) is 5.82 Å². The molecule has 5 nitrogen and oxygen atoms in total. The van der Waals surface area contributed by atoms with Crippen LogP contribution in [-0.4, -0.2) is 48.6 Å². The maximum absolute atomic E-state index is 12.4. The van der Waals surface area contributed by atoms with E-state index in [0.29, 0.717) is 5.56 Å². The molecular weight excluding hydrogens is 242 g/mol. The fourth-order valence-corrected chi connectivity index (χ4v) is 2.28. The summed E-state index contributed by atoms with van der Waals surface area (Å²) in [4.78, 5) is 18.4. The first kappa shape index (κ1) is 13.8. The molecule has 104 valence electrons. The Balaban J connectivity index is 2.07. The van der Waals surface area contributed by atoms with Crippen molar-refractivity contribution in [2.24, 2.45) is 0 Å². The summed E-state index contributed by atoms with van der Waals surface area (Å²) in [7, 11) is 1.87. The number of pyridine rings is 1. The number of amides is 1. The quantitative estimate of drug-likeness (QED) is 0.899. The lowest BCUT2D eigenvalue weighted by atomic mass is 10.1. The third kappa shape index (κ3) is 3.44. The van der Waals surface area contributed by atoms with Gasteiger partial charge in [-0.3, -0.25) is 4.79 Å². The number of carbonyl (C=O) groups is 1. The minimum Gasteiger partial charge on any atom is -0.381 e. The molecule has 1 fully saturated rings. The Bertz CT molecular complexity index is 430. The molecule has 0 bridgehead atoms. The van der Waals surface area contributed by atoms with Crippen LogP contribution in [0.3, 0.4) is 0 Å². The molecule has 0 atom stereocenters. The van der Waals surface area contributed by atoms with Gasteiger partial charge in [0.1, 0.15) is 5.82 Å². The fourth-order valence-electron chi connectivity index (χ4n) is 2.28. The standard InChI is InChI=1S/C14H21N3O2/c1-3-15-13-10-11(4-7-16-13)14(18)17(2)12-5-8-19-9-6-12/h4,7,10,12H,3,5-6,8-9H2,1-2H3,(H,15,16). The van der Waals surface area contributed by atoms with Crippen molar-refractivity contribution >= 4 is 11.7 Å². The van der Waals surface area contributed by atoms with Crippen molar-refractivity contribution in [2.75, 3.05) is 32.1 Å². The molecule has 1 saturated heterocycles. The van der Waals surface area contributed by atoms with Gasteiger partial charge in [0.15, 0.2) is 0 Å². The minimum absolute atomic E-state index is 0.0495. The summed E-state index contributed by atoms with van der Waals surface area (Å²) >= 11 is 0. The van der Waals surface area contributed by atoms with Gasteiger partial charge in [-0.15, -0.1) is 0 Å². The maximum atomic E-state index is 12.4. The van der Waals surface area contributed by atoms with Crippen molar-refractivity contribution in [2.45, 2.75) is 25.8 Å². The van der Waals surface area contributed by atoms with Gasteiger partial charge in [-0.05, 0) is 31.9 Å². The highest BCUT2D eigenvalue weighted by atomic mass is 16.5. The van der Waals surface area contributed by atoms with E-state index in [1.54, 1.807) is 12.3 Å². The first-order valence-corrected chi connectivity index (χ1v) is 6.77. The summed E-state index contributed by atoms with van der Waals surface area (Å²) in [6, 6.07) is 3.85. The van der Waals surface area contributed by atoms with Gasteiger partial charge in [-0.2, -0.15) is 0 Å². The highest BCUT2D eigenvalue weighted by molar-refractivity contribution is 5.94. The smallest absolute Gasteiger partial charge is 0.254 e. The van der Waals surface area contributed by atoms with Crippen molar-refractivity contribution in [1.82, 2.24) is 9.88 Å². The van der Waals surface area contributed by atoms with Gasteiger partial charge in [-0.1, -0.05) is 0 Å². The normalized spacial score (nSPS) is 16.1. The summed E-state index contributed by atoms with van der Waals surface area (Å²) in [6.07, 6.45) is 3.49. The summed E-state index contributed by atoms with van der Waals surface area (Å²) in [5, 5.41) is 3.12. The molecular formula is C14H21N3O2. The highest BCUT2D eigenvalue weighted by Crippen LogP contribution is 2.16. The van der Waals surface area contributed by atoms with Gasteiger partial charge in [0, 0.05) is 44.6 Å². The lowest BCUT2D eigenvalue weighted by molar-refractivity contribution is 0.0362. The first-order chi connectivity index (χ1) is 9.22. The zero-order chi connectivity index (χ0) is 13.7. The molecule has 0 radical (unpaired) electrons. The summed E-state index contributed by atoms with van der Waals surface area (Å²) in [5.74, 6) is 0.794. The predicted molar refractivity (Wildman–Crippen MR) is 74.3 cm³/mol. The van der Waals surface area contributed by atoms with Crippen LogP contribution in [-0.2, 0) is 4.74 Å². The second-order valence-corrected chi connectivity index (χ2v) is 4.72. The van der Waals surface area contributed by atoms with Crippen LogP contribution in [0.1, 0.15) is 30.1 Å². The van der Waals surface area contributed by atoms with Crippen LogP contribution in [0.25, 0.3) is 0 Å². The third-order valence-electron chi connectivity index (χ3n) is 3.42. The van der Waals surface area contributed by atoms with Crippen LogP contribution < -0.4 is 5.32 Å². The maximum Gasteiger partial charge on any atom is 0.254 e. The van der Waals surface area contributed by atoms with Crippen LogP contribution in [0.5, 0.6) is 0 Å². The van der Waals surface area contributed by atoms with E-state index >= 15 is 0 Å². The van der Waals surface area contributed by atoms with Gasteiger partial charge < -0.3 is 15.0 Å². The van der Waals surface area contributed by atoms with E-state index in [0.717, 1.165) is 38.4 Å². The van der Waals surface area contributed by atoms with Gasteiger partial charge in [-0.25, -0.2) is 4.98 Å². The SMILES string of the molecule is CCNc1cc(C(=O)N(C)C2CCOCC2)ccn1. The zero-order valence-electron chi connectivity index (χ0n) is 11.6. The van der Waals surface area contributed by atoms with E-state index in [-0.39, 0.29) is 11.9 Å². The molecule has 1 aromatic heterocycles. The molecule has 1 amide bonds. The molecule has 19 heavy (non-hydrogen) atoms. The van der Waals surface area contributed by atoms with Crippen LogP contribution in [0, 0.1) is 0 Å². The Morgan fingerprint density at radius 3 is 2.95 bits per heavy atom. The van der Waals surface area contributed by atoms with Crippen molar-refractivity contribution in [3.05, 3.63) is 23.9 Å². The topological polar surface area (TPSA) is 54.5 Å². The number of ether oxygens (including phenoxy) is 1. The number of nitrogens with zero attached hydrogens (tertiary/aromatic N) is 2. The summed E-state index contributed by atoms with van der Waals surface area (Å²) in [6.45, 7) is 4.27. The number of hydrogen-bond donors (Lipinski definition) is 1. The Morgan fingerprint density at radius 1 is 1.53 bits per heavy atom. The molecule has 2 rings (SSSR count). The van der Waals surface area contributed by atoms with Crippen LogP contribution >= 0.6 is 0 Å². The molecule has 1 N–H and O–H groups in total. The molecule has 0 aromatic carbocycles. The van der Waals surface area contributed by atoms with E-state index < -0.39 is 0 Å². The molecule has 1 aliphatic heterocycles. The number of carbonyl (C=O) groups excluding carboxylic acids is 1. The van der Waals surface area contributed by atoms with Gasteiger partial charge in [0.05, 0.1) is 0 Å². The largest absolute Gasteiger partial charge is 0.381 e. The predicted octanol–water partition coefficient (Wildman–Crippen LogP) is 1.76. The van der Waals surface area contributed by atoms with Crippen molar-refractivity contribution in [1.29, 1.82) is 0 Å². The molecule has 1 aliphatic rings. The Kier molecular flexibility index (Phi) is 4.74. The van der Waals surface area contributed by atoms with Crippen LogP contribution in [0.2, 0.25) is 0 Å². The Morgan fingerprint density at radius 2 is 2.26 bits per heavy atom. The average Bonchev–Trinajstić information content (AvgIpc) is 2.47. The highest BCUT2D eigenvalue weighted by Gasteiger charge is 2.23. The number of nitrogens with one attached hydrogen (secondary N) is 1. The Hall–Kier alpha value is -1.62. The molecule has 5 heteroatoms. The molecule has 1 aromatic rings. The van der Waals surface area contributed by atoms with Crippen molar-refractivity contribution in [3.8, 4) is 0 Å². The van der Waals surface area contributed by atoms with Gasteiger partial charge in [0.2, 0.25) is 0 Å². The number of anilines is 1. The van der Waals surface area contributed by atoms with Gasteiger partial charge >= 0.3 is 0 Å².